The highest BCUT2D eigenvalue weighted by atomic mass is 19.1. The molecule has 1 amide bonds. The molecule has 0 aliphatic heterocycles. The monoisotopic (exact) mass is 485 g/mol. The lowest BCUT2D eigenvalue weighted by Gasteiger charge is -2.10. The van der Waals surface area contributed by atoms with E-state index in [0.717, 1.165) is 12.1 Å². The van der Waals surface area contributed by atoms with E-state index in [9.17, 15) is 18.4 Å². The van der Waals surface area contributed by atoms with Crippen molar-refractivity contribution in [2.24, 2.45) is 0 Å². The normalized spacial score (nSPS) is 10.9. The maximum atomic E-state index is 13.9. The van der Waals surface area contributed by atoms with Crippen LogP contribution in [-0.4, -0.2) is 32.0 Å². The Hall–Kier alpha value is -4.99. The zero-order valence-corrected chi connectivity index (χ0v) is 18.8. The van der Waals surface area contributed by atoms with Crippen molar-refractivity contribution in [1.82, 2.24) is 19.6 Å². The lowest BCUT2D eigenvalue weighted by Crippen LogP contribution is -2.14. The molecule has 0 spiro atoms. The van der Waals surface area contributed by atoms with E-state index in [1.807, 2.05) is 0 Å². The topological polar surface area (TPSA) is 98.5 Å². The van der Waals surface area contributed by atoms with E-state index in [-0.39, 0.29) is 29.4 Å². The van der Waals surface area contributed by atoms with Crippen molar-refractivity contribution in [3.05, 3.63) is 95.8 Å². The lowest BCUT2D eigenvalue weighted by atomic mass is 10.0. The Labute approximate surface area is 203 Å². The molecule has 0 bridgehead atoms. The quantitative estimate of drug-likeness (QED) is 0.346. The van der Waals surface area contributed by atoms with Gasteiger partial charge in [0.1, 0.15) is 28.9 Å². The Morgan fingerprint density at radius 2 is 1.89 bits per heavy atom. The Balaban J connectivity index is 1.57. The molecule has 1 N–H and O–H groups in total. The van der Waals surface area contributed by atoms with Gasteiger partial charge in [-0.1, -0.05) is 0 Å². The molecule has 0 atom stereocenters. The largest absolute Gasteiger partial charge is 0.428 e. The van der Waals surface area contributed by atoms with E-state index in [2.05, 4.69) is 15.4 Å². The number of fused-ring (bicyclic) bond motifs is 1. The smallest absolute Gasteiger partial charge is 0.298 e. The number of anilines is 1. The van der Waals surface area contributed by atoms with Crippen LogP contribution in [0.1, 0.15) is 15.9 Å². The first kappa shape index (κ1) is 22.8. The number of halogens is 2. The van der Waals surface area contributed by atoms with Gasteiger partial charge >= 0.3 is 0 Å². The maximum Gasteiger partial charge on any atom is 0.298 e. The number of carbonyl (C=O) groups is 2. The van der Waals surface area contributed by atoms with Gasteiger partial charge in [0.15, 0.2) is 5.65 Å². The van der Waals surface area contributed by atoms with Crippen molar-refractivity contribution in [1.29, 1.82) is 0 Å². The molecule has 0 aliphatic rings. The minimum absolute atomic E-state index is 0.0466. The number of rotatable bonds is 6. The molecule has 10 heteroatoms. The number of pyridine rings is 1. The molecular weight excluding hydrogens is 468 g/mol. The molecule has 0 saturated carbocycles. The SMILES string of the molecule is Cc1cc(-c2nc3cccnn3c2-c2ccnc(NC(=O)c3ccc(F)cc3OC=O)c2)ccc1F. The highest BCUT2D eigenvalue weighted by molar-refractivity contribution is 6.06. The summed E-state index contributed by atoms with van der Waals surface area (Å²) in [4.78, 5) is 32.5. The van der Waals surface area contributed by atoms with E-state index >= 15 is 0 Å². The van der Waals surface area contributed by atoms with E-state index in [0.29, 0.717) is 33.7 Å². The number of ether oxygens (including phenoxy) is 1. The van der Waals surface area contributed by atoms with Crippen LogP contribution in [0, 0.1) is 18.6 Å². The molecule has 5 aromatic rings. The van der Waals surface area contributed by atoms with Gasteiger partial charge < -0.3 is 10.1 Å². The molecule has 5 rings (SSSR count). The van der Waals surface area contributed by atoms with Crippen molar-refractivity contribution in [3.63, 3.8) is 0 Å². The van der Waals surface area contributed by atoms with E-state index in [4.69, 9.17) is 9.72 Å². The molecule has 0 fully saturated rings. The summed E-state index contributed by atoms with van der Waals surface area (Å²) in [5.41, 5.74) is 3.51. The lowest BCUT2D eigenvalue weighted by molar-refractivity contribution is -0.120. The van der Waals surface area contributed by atoms with Crippen molar-refractivity contribution in [3.8, 4) is 28.3 Å². The molecular formula is C26H17F2N5O3. The van der Waals surface area contributed by atoms with Gasteiger partial charge in [0.05, 0.1) is 11.3 Å². The van der Waals surface area contributed by atoms with Crippen molar-refractivity contribution in [2.45, 2.75) is 6.92 Å². The van der Waals surface area contributed by atoms with E-state index in [1.165, 1.54) is 18.3 Å². The fourth-order valence-electron chi connectivity index (χ4n) is 3.80. The van der Waals surface area contributed by atoms with Gasteiger partial charge in [-0.15, -0.1) is 0 Å². The first-order valence-electron chi connectivity index (χ1n) is 10.7. The summed E-state index contributed by atoms with van der Waals surface area (Å²) in [5, 5.41) is 7.04. The first-order valence-corrected chi connectivity index (χ1v) is 10.7. The Kier molecular flexibility index (Phi) is 5.91. The van der Waals surface area contributed by atoms with Gasteiger partial charge in [-0.25, -0.2) is 23.3 Å². The molecule has 178 valence electrons. The second kappa shape index (κ2) is 9.34. The van der Waals surface area contributed by atoms with Crippen LogP contribution in [0.25, 0.3) is 28.2 Å². The number of nitrogens with zero attached hydrogens (tertiary/aromatic N) is 4. The van der Waals surface area contributed by atoms with Gasteiger partial charge in [-0.2, -0.15) is 5.10 Å². The number of hydrogen-bond donors (Lipinski definition) is 1. The zero-order valence-electron chi connectivity index (χ0n) is 18.8. The summed E-state index contributed by atoms with van der Waals surface area (Å²) in [5.74, 6) is -1.67. The van der Waals surface area contributed by atoms with Crippen molar-refractivity contribution >= 4 is 23.8 Å². The standard InChI is InChI=1S/C26H17F2N5O3/c1-15-11-16(4-7-20(15)28)24-25(33-23(32-24)3-2-9-30-33)17-8-10-29-22(12-17)31-26(35)19-6-5-18(27)13-21(19)36-14-34/h2-14H,1H3,(H,29,31,35). The Bertz CT molecular complexity index is 1630. The average molecular weight is 485 g/mol. The van der Waals surface area contributed by atoms with Crippen molar-refractivity contribution < 1.29 is 23.1 Å². The maximum absolute atomic E-state index is 13.9. The number of hydrogen-bond acceptors (Lipinski definition) is 6. The van der Waals surface area contributed by atoms with Crippen LogP contribution in [0.2, 0.25) is 0 Å². The summed E-state index contributed by atoms with van der Waals surface area (Å²) in [7, 11) is 0. The third-order valence-corrected chi connectivity index (χ3v) is 5.46. The molecule has 0 unspecified atom stereocenters. The molecule has 0 radical (unpaired) electrons. The molecule has 0 saturated heterocycles. The molecule has 3 aromatic heterocycles. The summed E-state index contributed by atoms with van der Waals surface area (Å²) in [6.07, 6.45) is 3.12. The summed E-state index contributed by atoms with van der Waals surface area (Å²) in [6.45, 7) is 1.78. The summed E-state index contributed by atoms with van der Waals surface area (Å²) in [6, 6.07) is 14.9. The number of nitrogens with one attached hydrogen (secondary N) is 1. The number of aromatic nitrogens is 4. The third kappa shape index (κ3) is 4.27. The molecule has 36 heavy (non-hydrogen) atoms. The second-order valence-electron chi connectivity index (χ2n) is 7.81. The van der Waals surface area contributed by atoms with Gasteiger partial charge in [0.2, 0.25) is 0 Å². The molecule has 0 aliphatic carbocycles. The number of imidazole rings is 1. The number of benzene rings is 2. The number of amides is 1. The van der Waals surface area contributed by atoms with Crippen LogP contribution in [-0.2, 0) is 4.79 Å². The van der Waals surface area contributed by atoms with Gasteiger partial charge in [-0.05, 0) is 67.1 Å². The minimum atomic E-state index is -0.660. The van der Waals surface area contributed by atoms with E-state index < -0.39 is 11.7 Å². The second-order valence-corrected chi connectivity index (χ2v) is 7.81. The molecule has 8 nitrogen and oxygen atoms in total. The zero-order chi connectivity index (χ0) is 25.2. The Morgan fingerprint density at radius 3 is 2.69 bits per heavy atom. The van der Waals surface area contributed by atoms with Crippen LogP contribution in [0.5, 0.6) is 5.75 Å². The van der Waals surface area contributed by atoms with E-state index in [1.54, 1.807) is 54.0 Å². The third-order valence-electron chi connectivity index (χ3n) is 5.46. The fourth-order valence-corrected chi connectivity index (χ4v) is 3.80. The summed E-state index contributed by atoms with van der Waals surface area (Å²) >= 11 is 0. The predicted octanol–water partition coefficient (Wildman–Crippen LogP) is 4.83. The van der Waals surface area contributed by atoms with Crippen molar-refractivity contribution in [2.75, 3.05) is 5.32 Å². The highest BCUT2D eigenvalue weighted by Gasteiger charge is 2.19. The van der Waals surface area contributed by atoms with Crippen LogP contribution in [0.4, 0.5) is 14.6 Å². The van der Waals surface area contributed by atoms with Gasteiger partial charge in [-0.3, -0.25) is 9.59 Å². The first-order chi connectivity index (χ1) is 17.4. The van der Waals surface area contributed by atoms with Gasteiger partial charge in [0, 0.05) is 29.6 Å². The van der Waals surface area contributed by atoms with Crippen LogP contribution in [0.15, 0.2) is 73.1 Å². The van der Waals surface area contributed by atoms with Crippen LogP contribution in [0.3, 0.4) is 0 Å². The summed E-state index contributed by atoms with van der Waals surface area (Å²) < 4.78 is 33.9. The number of carbonyl (C=O) groups excluding carboxylic acids is 2. The number of aryl methyl sites for hydroxylation is 1. The molecule has 2 aromatic carbocycles. The highest BCUT2D eigenvalue weighted by Crippen LogP contribution is 2.34. The van der Waals surface area contributed by atoms with Crippen LogP contribution < -0.4 is 10.1 Å². The Morgan fingerprint density at radius 1 is 1.03 bits per heavy atom. The van der Waals surface area contributed by atoms with Gasteiger partial charge in [0.25, 0.3) is 12.4 Å². The van der Waals surface area contributed by atoms with Crippen LogP contribution >= 0.6 is 0 Å². The predicted molar refractivity (Wildman–Crippen MR) is 127 cm³/mol. The minimum Gasteiger partial charge on any atom is -0.428 e. The average Bonchev–Trinajstić information content (AvgIpc) is 3.26. The molecule has 3 heterocycles. The fraction of sp³-hybridized carbons (Fsp3) is 0.0385.